The predicted molar refractivity (Wildman–Crippen MR) is 96.0 cm³/mol. The van der Waals surface area contributed by atoms with Crippen LogP contribution in [0, 0.1) is 11.6 Å². The van der Waals surface area contributed by atoms with Crippen molar-refractivity contribution in [3.8, 4) is 11.4 Å². The zero-order valence-corrected chi connectivity index (χ0v) is 14.1. The van der Waals surface area contributed by atoms with Gasteiger partial charge >= 0.3 is 5.97 Å². The molecule has 136 valence electrons. The monoisotopic (exact) mass is 367 g/mol. The molecule has 4 rings (SSSR count). The number of anilines is 2. The van der Waals surface area contributed by atoms with Gasteiger partial charge in [-0.1, -0.05) is 12.1 Å². The summed E-state index contributed by atoms with van der Waals surface area (Å²) in [5.74, 6) is -2.53. The van der Waals surface area contributed by atoms with Crippen LogP contribution in [-0.2, 0) is 0 Å². The standard InChI is InChI=1S/C20H15F2N3O2/c21-16-3-1-2-14(18(16)22)19-23-9-13(10-24-19)25-17-7-6-12(11-4-5-11)8-15(17)20(26)27/h1-3,6-11,25H,4-5H2,(H,26,27). The highest BCUT2D eigenvalue weighted by Crippen LogP contribution is 2.41. The van der Waals surface area contributed by atoms with Crippen LogP contribution in [0.4, 0.5) is 20.2 Å². The normalized spacial score (nSPS) is 13.4. The molecule has 1 heterocycles. The fourth-order valence-electron chi connectivity index (χ4n) is 2.88. The van der Waals surface area contributed by atoms with Gasteiger partial charge in [0.25, 0.3) is 0 Å². The van der Waals surface area contributed by atoms with Gasteiger partial charge in [0, 0.05) is 0 Å². The average Bonchev–Trinajstić information content (AvgIpc) is 3.50. The summed E-state index contributed by atoms with van der Waals surface area (Å²) in [6.45, 7) is 0. The Morgan fingerprint density at radius 2 is 1.85 bits per heavy atom. The molecule has 1 aliphatic carbocycles. The lowest BCUT2D eigenvalue weighted by Crippen LogP contribution is -2.04. The first-order chi connectivity index (χ1) is 13.0. The molecule has 0 radical (unpaired) electrons. The molecule has 0 unspecified atom stereocenters. The van der Waals surface area contributed by atoms with E-state index in [4.69, 9.17) is 0 Å². The number of benzene rings is 2. The second-order valence-corrected chi connectivity index (χ2v) is 6.41. The molecule has 0 bridgehead atoms. The number of hydrogen-bond donors (Lipinski definition) is 2. The number of rotatable bonds is 5. The van der Waals surface area contributed by atoms with E-state index in [0.29, 0.717) is 17.3 Å². The van der Waals surface area contributed by atoms with Gasteiger partial charge in [-0.2, -0.15) is 0 Å². The van der Waals surface area contributed by atoms with Crippen molar-refractivity contribution in [1.29, 1.82) is 0 Å². The Balaban J connectivity index is 1.60. The number of aromatic nitrogens is 2. The lowest BCUT2D eigenvalue weighted by atomic mass is 10.0. The summed E-state index contributed by atoms with van der Waals surface area (Å²) in [5.41, 5.74) is 2.00. The van der Waals surface area contributed by atoms with E-state index in [0.717, 1.165) is 24.5 Å². The van der Waals surface area contributed by atoms with Crippen molar-refractivity contribution in [2.24, 2.45) is 0 Å². The number of nitrogens with zero attached hydrogens (tertiary/aromatic N) is 2. The number of carboxylic acids is 1. The quantitative estimate of drug-likeness (QED) is 0.681. The van der Waals surface area contributed by atoms with Crippen molar-refractivity contribution < 1.29 is 18.7 Å². The Kier molecular flexibility index (Phi) is 4.27. The fourth-order valence-corrected chi connectivity index (χ4v) is 2.88. The number of carbonyl (C=O) groups is 1. The third-order valence-electron chi connectivity index (χ3n) is 4.45. The molecule has 0 aliphatic heterocycles. The van der Waals surface area contributed by atoms with Crippen molar-refractivity contribution in [1.82, 2.24) is 9.97 Å². The first kappa shape index (κ1) is 17.1. The van der Waals surface area contributed by atoms with Crippen molar-refractivity contribution in [2.45, 2.75) is 18.8 Å². The summed E-state index contributed by atoms with van der Waals surface area (Å²) in [4.78, 5) is 19.7. The molecule has 1 aromatic heterocycles. The topological polar surface area (TPSA) is 75.1 Å². The lowest BCUT2D eigenvalue weighted by Gasteiger charge is -2.11. The molecule has 5 nitrogen and oxygen atoms in total. The molecule has 2 N–H and O–H groups in total. The minimum absolute atomic E-state index is 0.0402. The predicted octanol–water partition coefficient (Wildman–Crippen LogP) is 4.74. The van der Waals surface area contributed by atoms with Crippen LogP contribution in [0.3, 0.4) is 0 Å². The maximum atomic E-state index is 13.8. The smallest absolute Gasteiger partial charge is 0.337 e. The van der Waals surface area contributed by atoms with Gasteiger partial charge in [0.05, 0.1) is 34.9 Å². The maximum Gasteiger partial charge on any atom is 0.337 e. The van der Waals surface area contributed by atoms with Gasteiger partial charge in [-0.05, 0) is 48.6 Å². The molecule has 7 heteroatoms. The Bertz CT molecular complexity index is 1020. The highest BCUT2D eigenvalue weighted by molar-refractivity contribution is 5.95. The van der Waals surface area contributed by atoms with Crippen LogP contribution in [-0.4, -0.2) is 21.0 Å². The lowest BCUT2D eigenvalue weighted by molar-refractivity contribution is 0.0698. The molecule has 2 aromatic carbocycles. The van der Waals surface area contributed by atoms with E-state index in [1.54, 1.807) is 12.1 Å². The molecule has 27 heavy (non-hydrogen) atoms. The Hall–Kier alpha value is -3.35. The molecule has 3 aromatic rings. The zero-order chi connectivity index (χ0) is 19.0. The second kappa shape index (κ2) is 6.75. The van der Waals surface area contributed by atoms with Crippen LogP contribution < -0.4 is 5.32 Å². The number of nitrogens with one attached hydrogen (secondary N) is 1. The highest BCUT2D eigenvalue weighted by Gasteiger charge is 2.25. The number of carboxylic acid groups (broad SMARTS) is 1. The molecule has 1 aliphatic rings. The third-order valence-corrected chi connectivity index (χ3v) is 4.45. The molecule has 0 spiro atoms. The Morgan fingerprint density at radius 3 is 2.52 bits per heavy atom. The number of hydrogen-bond acceptors (Lipinski definition) is 4. The third kappa shape index (κ3) is 3.48. The molecule has 0 atom stereocenters. The largest absolute Gasteiger partial charge is 0.478 e. The van der Waals surface area contributed by atoms with E-state index in [9.17, 15) is 18.7 Å². The van der Waals surface area contributed by atoms with Gasteiger partial charge in [-0.3, -0.25) is 0 Å². The van der Waals surface area contributed by atoms with E-state index < -0.39 is 17.6 Å². The van der Waals surface area contributed by atoms with E-state index in [-0.39, 0.29) is 17.0 Å². The fraction of sp³-hybridized carbons (Fsp3) is 0.150. The summed E-state index contributed by atoms with van der Waals surface area (Å²) >= 11 is 0. The van der Waals surface area contributed by atoms with E-state index in [2.05, 4.69) is 15.3 Å². The summed E-state index contributed by atoms with van der Waals surface area (Å²) < 4.78 is 27.2. The first-order valence-electron chi connectivity index (χ1n) is 8.43. The molecule has 1 saturated carbocycles. The minimum atomic E-state index is -1.03. The van der Waals surface area contributed by atoms with Crippen LogP contribution in [0.2, 0.25) is 0 Å². The molecular weight excluding hydrogens is 352 g/mol. The van der Waals surface area contributed by atoms with Gasteiger partial charge in [-0.15, -0.1) is 0 Å². The van der Waals surface area contributed by atoms with Crippen molar-refractivity contribution in [3.63, 3.8) is 0 Å². The van der Waals surface area contributed by atoms with Crippen LogP contribution in [0.15, 0.2) is 48.8 Å². The minimum Gasteiger partial charge on any atom is -0.478 e. The van der Waals surface area contributed by atoms with E-state index in [1.165, 1.54) is 24.5 Å². The summed E-state index contributed by atoms with van der Waals surface area (Å²) in [6, 6.07) is 9.10. The summed E-state index contributed by atoms with van der Waals surface area (Å²) in [7, 11) is 0. The zero-order valence-electron chi connectivity index (χ0n) is 14.1. The van der Waals surface area contributed by atoms with Gasteiger partial charge < -0.3 is 10.4 Å². The Morgan fingerprint density at radius 1 is 1.11 bits per heavy atom. The molecule has 0 amide bonds. The van der Waals surface area contributed by atoms with Crippen LogP contribution in [0.5, 0.6) is 0 Å². The van der Waals surface area contributed by atoms with Gasteiger partial charge in [0.1, 0.15) is 0 Å². The Labute approximate surface area is 153 Å². The van der Waals surface area contributed by atoms with Crippen molar-refractivity contribution in [2.75, 3.05) is 5.32 Å². The first-order valence-corrected chi connectivity index (χ1v) is 8.43. The average molecular weight is 367 g/mol. The maximum absolute atomic E-state index is 13.8. The van der Waals surface area contributed by atoms with Crippen LogP contribution in [0.1, 0.15) is 34.7 Å². The number of aromatic carboxylic acids is 1. The molecule has 1 fully saturated rings. The van der Waals surface area contributed by atoms with Crippen LogP contribution >= 0.6 is 0 Å². The number of halogens is 2. The summed E-state index contributed by atoms with van der Waals surface area (Å²) in [5, 5.41) is 12.4. The van der Waals surface area contributed by atoms with Crippen molar-refractivity contribution in [3.05, 3.63) is 71.6 Å². The molecular formula is C20H15F2N3O2. The van der Waals surface area contributed by atoms with E-state index >= 15 is 0 Å². The van der Waals surface area contributed by atoms with Crippen molar-refractivity contribution >= 4 is 17.3 Å². The summed E-state index contributed by atoms with van der Waals surface area (Å²) in [6.07, 6.45) is 4.95. The van der Waals surface area contributed by atoms with Gasteiger partial charge in [0.2, 0.25) is 0 Å². The highest BCUT2D eigenvalue weighted by atomic mass is 19.2. The SMILES string of the molecule is O=C(O)c1cc(C2CC2)ccc1Nc1cnc(-c2cccc(F)c2F)nc1. The van der Waals surface area contributed by atoms with E-state index in [1.807, 2.05) is 6.07 Å². The molecule has 0 saturated heterocycles. The van der Waals surface area contributed by atoms with Crippen LogP contribution in [0.25, 0.3) is 11.4 Å². The van der Waals surface area contributed by atoms with Gasteiger partial charge in [0.15, 0.2) is 17.5 Å². The van der Waals surface area contributed by atoms with Gasteiger partial charge in [-0.25, -0.2) is 23.5 Å². The second-order valence-electron chi connectivity index (χ2n) is 6.41.